The van der Waals surface area contributed by atoms with E-state index in [1.54, 1.807) is 0 Å². The molecule has 0 spiro atoms. The molecule has 0 radical (unpaired) electrons. The fourth-order valence-electron chi connectivity index (χ4n) is 3.50. The summed E-state index contributed by atoms with van der Waals surface area (Å²) >= 11 is 0. The van der Waals surface area contributed by atoms with Crippen LogP contribution >= 0.6 is 0 Å². The minimum absolute atomic E-state index is 0.0285. The average Bonchev–Trinajstić information content (AvgIpc) is 3.11. The minimum Gasteiger partial charge on any atom is -0.371 e. The fraction of sp³-hybridized carbons (Fsp3) is 0.588. The van der Waals surface area contributed by atoms with E-state index in [1.165, 1.54) is 18.5 Å². The van der Waals surface area contributed by atoms with Gasteiger partial charge >= 0.3 is 0 Å². The van der Waals surface area contributed by atoms with Crippen molar-refractivity contribution in [3.63, 3.8) is 0 Å². The van der Waals surface area contributed by atoms with Crippen LogP contribution in [0.2, 0.25) is 0 Å². The molecule has 2 fully saturated rings. The molecule has 0 bridgehead atoms. The maximum Gasteiger partial charge on any atom is 0.231 e. The van der Waals surface area contributed by atoms with Crippen LogP contribution in [0.4, 0.5) is 11.4 Å². The van der Waals surface area contributed by atoms with E-state index in [2.05, 4.69) is 22.3 Å². The highest BCUT2D eigenvalue weighted by atomic mass is 16.2. The first kappa shape index (κ1) is 14.4. The van der Waals surface area contributed by atoms with Crippen LogP contribution in [-0.2, 0) is 4.79 Å². The lowest BCUT2D eigenvalue weighted by Crippen LogP contribution is -2.44. The molecule has 1 amide bonds. The average molecular weight is 287 g/mol. The molecule has 1 aromatic carbocycles. The van der Waals surface area contributed by atoms with E-state index in [-0.39, 0.29) is 11.9 Å². The van der Waals surface area contributed by atoms with Crippen LogP contribution in [0.5, 0.6) is 0 Å². The standard InChI is InChI=1S/C17H25N3O/c1-17(9-5-8-15(17)18)16(21)19-13-6-4-7-14(12-13)20-10-2-3-11-20/h4,6-7,12,15H,2-3,5,8-11,18H2,1H3,(H,19,21). The summed E-state index contributed by atoms with van der Waals surface area (Å²) in [6.45, 7) is 4.21. The number of hydrogen-bond acceptors (Lipinski definition) is 3. The van der Waals surface area contributed by atoms with Crippen molar-refractivity contribution in [2.75, 3.05) is 23.3 Å². The van der Waals surface area contributed by atoms with Gasteiger partial charge < -0.3 is 16.0 Å². The SMILES string of the molecule is CC1(C(=O)Nc2cccc(N3CCCC3)c2)CCCC1N. The maximum absolute atomic E-state index is 12.6. The summed E-state index contributed by atoms with van der Waals surface area (Å²) in [5.74, 6) is 0.0612. The van der Waals surface area contributed by atoms with Gasteiger partial charge in [0.2, 0.25) is 5.91 Å². The lowest BCUT2D eigenvalue weighted by atomic mass is 9.84. The lowest BCUT2D eigenvalue weighted by molar-refractivity contribution is -0.125. The van der Waals surface area contributed by atoms with Crippen LogP contribution in [0.1, 0.15) is 39.0 Å². The van der Waals surface area contributed by atoms with Crippen molar-refractivity contribution in [1.29, 1.82) is 0 Å². The molecular weight excluding hydrogens is 262 g/mol. The van der Waals surface area contributed by atoms with Crippen molar-refractivity contribution in [1.82, 2.24) is 0 Å². The van der Waals surface area contributed by atoms with E-state index in [1.807, 2.05) is 19.1 Å². The number of nitrogens with two attached hydrogens (primary N) is 1. The predicted molar refractivity (Wildman–Crippen MR) is 86.5 cm³/mol. The van der Waals surface area contributed by atoms with Gasteiger partial charge in [-0.3, -0.25) is 4.79 Å². The van der Waals surface area contributed by atoms with Crippen molar-refractivity contribution in [3.05, 3.63) is 24.3 Å². The highest BCUT2D eigenvalue weighted by Gasteiger charge is 2.42. The minimum atomic E-state index is -0.427. The van der Waals surface area contributed by atoms with Gasteiger partial charge in [0.25, 0.3) is 0 Å². The maximum atomic E-state index is 12.6. The van der Waals surface area contributed by atoms with Crippen molar-refractivity contribution in [2.24, 2.45) is 11.1 Å². The lowest BCUT2D eigenvalue weighted by Gasteiger charge is -2.27. The highest BCUT2D eigenvalue weighted by molar-refractivity contribution is 5.96. The quantitative estimate of drug-likeness (QED) is 0.898. The summed E-state index contributed by atoms with van der Waals surface area (Å²) in [7, 11) is 0. The number of nitrogens with one attached hydrogen (secondary N) is 1. The molecule has 114 valence electrons. The molecule has 1 saturated heterocycles. The molecule has 21 heavy (non-hydrogen) atoms. The number of hydrogen-bond donors (Lipinski definition) is 2. The van der Waals surface area contributed by atoms with E-state index in [4.69, 9.17) is 5.73 Å². The molecule has 3 N–H and O–H groups in total. The van der Waals surface area contributed by atoms with E-state index in [0.717, 1.165) is 38.0 Å². The number of nitrogens with zero attached hydrogens (tertiary/aromatic N) is 1. The Morgan fingerprint density at radius 2 is 2.10 bits per heavy atom. The van der Waals surface area contributed by atoms with Gasteiger partial charge in [-0.05, 0) is 50.8 Å². The first-order valence-corrected chi connectivity index (χ1v) is 8.02. The molecule has 2 atom stereocenters. The summed E-state index contributed by atoms with van der Waals surface area (Å²) in [4.78, 5) is 14.9. The summed E-state index contributed by atoms with van der Waals surface area (Å²) in [6.07, 6.45) is 5.37. The third kappa shape index (κ3) is 2.77. The Hall–Kier alpha value is -1.55. The molecule has 3 rings (SSSR count). The normalized spacial score (nSPS) is 28.9. The zero-order chi connectivity index (χ0) is 14.9. The van der Waals surface area contributed by atoms with Gasteiger partial charge in [0, 0.05) is 30.5 Å². The van der Waals surface area contributed by atoms with Gasteiger partial charge in [-0.25, -0.2) is 0 Å². The van der Waals surface area contributed by atoms with Gasteiger partial charge in [0.1, 0.15) is 0 Å². The number of carbonyl (C=O) groups excluding carboxylic acids is 1. The summed E-state index contributed by atoms with van der Waals surface area (Å²) in [6, 6.07) is 8.14. The topological polar surface area (TPSA) is 58.4 Å². The van der Waals surface area contributed by atoms with Crippen molar-refractivity contribution in [3.8, 4) is 0 Å². The summed E-state index contributed by atoms with van der Waals surface area (Å²) in [5, 5.41) is 3.07. The molecular formula is C17H25N3O. The smallest absolute Gasteiger partial charge is 0.231 e. The molecule has 4 nitrogen and oxygen atoms in total. The number of carbonyl (C=O) groups is 1. The second-order valence-electron chi connectivity index (χ2n) is 6.61. The Bertz CT molecular complexity index is 525. The first-order chi connectivity index (χ1) is 10.1. The molecule has 1 aromatic rings. The molecule has 0 aromatic heterocycles. The van der Waals surface area contributed by atoms with Crippen LogP contribution in [0.3, 0.4) is 0 Å². The van der Waals surface area contributed by atoms with Crippen LogP contribution < -0.4 is 16.0 Å². The third-order valence-corrected chi connectivity index (χ3v) is 5.12. The summed E-state index contributed by atoms with van der Waals surface area (Å²) in [5.41, 5.74) is 7.78. The number of anilines is 2. The van der Waals surface area contributed by atoms with Crippen LogP contribution in [0.25, 0.3) is 0 Å². The molecule has 1 saturated carbocycles. The van der Waals surface area contributed by atoms with Crippen molar-refractivity contribution in [2.45, 2.75) is 45.1 Å². The third-order valence-electron chi connectivity index (χ3n) is 5.12. The van der Waals surface area contributed by atoms with Gasteiger partial charge in [-0.2, -0.15) is 0 Å². The molecule has 2 aliphatic rings. The Morgan fingerprint density at radius 1 is 1.33 bits per heavy atom. The van der Waals surface area contributed by atoms with Crippen LogP contribution in [0.15, 0.2) is 24.3 Å². The van der Waals surface area contributed by atoms with Crippen LogP contribution in [0, 0.1) is 5.41 Å². The van der Waals surface area contributed by atoms with Gasteiger partial charge in [-0.15, -0.1) is 0 Å². The number of amides is 1. The van der Waals surface area contributed by atoms with E-state index < -0.39 is 5.41 Å². The largest absolute Gasteiger partial charge is 0.371 e. The number of benzene rings is 1. The molecule has 4 heteroatoms. The van der Waals surface area contributed by atoms with Gasteiger partial charge in [0.05, 0.1) is 5.41 Å². The Morgan fingerprint density at radius 3 is 2.76 bits per heavy atom. The molecule has 1 aliphatic carbocycles. The summed E-state index contributed by atoms with van der Waals surface area (Å²) < 4.78 is 0. The Kier molecular flexibility index (Phi) is 3.89. The van der Waals surface area contributed by atoms with Crippen molar-refractivity contribution < 1.29 is 4.79 Å². The molecule has 2 unspecified atom stereocenters. The van der Waals surface area contributed by atoms with E-state index >= 15 is 0 Å². The predicted octanol–water partition coefficient (Wildman–Crippen LogP) is 2.74. The van der Waals surface area contributed by atoms with Crippen LogP contribution in [-0.4, -0.2) is 25.0 Å². The number of rotatable bonds is 3. The Balaban J connectivity index is 1.72. The second-order valence-corrected chi connectivity index (χ2v) is 6.61. The van der Waals surface area contributed by atoms with Gasteiger partial charge in [-0.1, -0.05) is 12.5 Å². The van der Waals surface area contributed by atoms with E-state index in [0.29, 0.717) is 0 Å². The monoisotopic (exact) mass is 287 g/mol. The highest BCUT2D eigenvalue weighted by Crippen LogP contribution is 2.38. The first-order valence-electron chi connectivity index (χ1n) is 8.02. The second kappa shape index (κ2) is 5.68. The van der Waals surface area contributed by atoms with E-state index in [9.17, 15) is 4.79 Å². The zero-order valence-electron chi connectivity index (χ0n) is 12.8. The van der Waals surface area contributed by atoms with Gasteiger partial charge in [0.15, 0.2) is 0 Å². The van der Waals surface area contributed by atoms with Crippen molar-refractivity contribution >= 4 is 17.3 Å². The molecule has 1 aliphatic heterocycles. The zero-order valence-corrected chi connectivity index (χ0v) is 12.8. The molecule has 1 heterocycles. The Labute approximate surface area is 126 Å². The fourth-order valence-corrected chi connectivity index (χ4v) is 3.50.